The topological polar surface area (TPSA) is 87.0 Å². The fourth-order valence-electron chi connectivity index (χ4n) is 2.47. The summed E-state index contributed by atoms with van der Waals surface area (Å²) in [7, 11) is 0. The quantitative estimate of drug-likeness (QED) is 0.629. The van der Waals surface area contributed by atoms with Gasteiger partial charge in [0, 0.05) is 0 Å². The lowest BCUT2D eigenvalue weighted by Crippen LogP contribution is -2.17. The van der Waals surface area contributed by atoms with Gasteiger partial charge in [-0.25, -0.2) is 4.68 Å². The van der Waals surface area contributed by atoms with Gasteiger partial charge < -0.3 is 5.73 Å². The smallest absolute Gasteiger partial charge is 0.330 e. The first kappa shape index (κ1) is 10.9. The average molecular weight is 224 g/mol. The van der Waals surface area contributed by atoms with Crippen LogP contribution in [0.25, 0.3) is 0 Å². The number of anilines is 1. The van der Waals surface area contributed by atoms with Crippen LogP contribution in [0.4, 0.5) is 11.5 Å². The molecule has 1 aromatic rings. The third kappa shape index (κ3) is 1.75. The molecule has 1 fully saturated rings. The van der Waals surface area contributed by atoms with Gasteiger partial charge in [-0.1, -0.05) is 12.8 Å². The van der Waals surface area contributed by atoms with E-state index in [0.717, 1.165) is 12.8 Å². The lowest BCUT2D eigenvalue weighted by Gasteiger charge is -2.19. The van der Waals surface area contributed by atoms with Crippen molar-refractivity contribution in [2.45, 2.75) is 38.6 Å². The summed E-state index contributed by atoms with van der Waals surface area (Å²) in [6.45, 7) is 2.03. The molecule has 1 unspecified atom stereocenters. The molecular weight excluding hydrogens is 208 g/mol. The van der Waals surface area contributed by atoms with Gasteiger partial charge in [-0.3, -0.25) is 10.1 Å². The zero-order valence-electron chi connectivity index (χ0n) is 9.30. The number of nitro groups is 1. The third-order valence-corrected chi connectivity index (χ3v) is 3.48. The highest BCUT2D eigenvalue weighted by Gasteiger charge is 2.27. The van der Waals surface area contributed by atoms with Gasteiger partial charge >= 0.3 is 5.69 Å². The number of aromatic nitrogens is 2. The lowest BCUT2D eigenvalue weighted by atomic mass is 10.0. The molecule has 0 aromatic carbocycles. The van der Waals surface area contributed by atoms with Gasteiger partial charge in [0.1, 0.15) is 6.20 Å². The standard InChI is InChI=1S/C10H16N4O2/c1-7(8-4-2-3-5-8)13-10(11)9(6-12-13)14(15)16/h6-8H,2-5,11H2,1H3. The molecule has 0 aliphatic heterocycles. The molecule has 1 saturated carbocycles. The molecule has 6 heteroatoms. The van der Waals surface area contributed by atoms with Crippen molar-refractivity contribution in [3.63, 3.8) is 0 Å². The highest BCUT2D eigenvalue weighted by atomic mass is 16.6. The van der Waals surface area contributed by atoms with Gasteiger partial charge in [0.05, 0.1) is 11.0 Å². The van der Waals surface area contributed by atoms with Crippen LogP contribution in [0.2, 0.25) is 0 Å². The number of hydrogen-bond acceptors (Lipinski definition) is 4. The maximum atomic E-state index is 10.7. The van der Waals surface area contributed by atoms with Crippen LogP contribution in [0, 0.1) is 16.0 Å². The SMILES string of the molecule is CC(C1CCCC1)n1ncc([N+](=O)[O-])c1N. The van der Waals surface area contributed by atoms with Crippen LogP contribution < -0.4 is 5.73 Å². The summed E-state index contributed by atoms with van der Waals surface area (Å²) in [6, 6.07) is 0.149. The molecule has 0 amide bonds. The second-order valence-corrected chi connectivity index (χ2v) is 4.40. The first-order chi connectivity index (χ1) is 7.61. The Bertz CT molecular complexity index is 396. The molecule has 0 radical (unpaired) electrons. The Balaban J connectivity index is 2.23. The Kier molecular flexibility index (Phi) is 2.80. The summed E-state index contributed by atoms with van der Waals surface area (Å²) < 4.78 is 1.59. The van der Waals surface area contributed by atoms with E-state index in [1.54, 1.807) is 4.68 Å². The summed E-state index contributed by atoms with van der Waals surface area (Å²) in [6.07, 6.45) is 6.03. The summed E-state index contributed by atoms with van der Waals surface area (Å²) in [5.74, 6) is 0.714. The minimum absolute atomic E-state index is 0.0927. The Labute approximate surface area is 93.6 Å². The van der Waals surface area contributed by atoms with Crippen molar-refractivity contribution in [3.05, 3.63) is 16.3 Å². The van der Waals surface area contributed by atoms with Crippen molar-refractivity contribution < 1.29 is 4.92 Å². The third-order valence-electron chi connectivity index (χ3n) is 3.48. The molecule has 0 bridgehead atoms. The molecule has 1 heterocycles. The zero-order valence-corrected chi connectivity index (χ0v) is 9.30. The van der Waals surface area contributed by atoms with Crippen molar-refractivity contribution in [3.8, 4) is 0 Å². The van der Waals surface area contributed by atoms with Gasteiger partial charge in [0.2, 0.25) is 5.82 Å². The number of nitrogens with zero attached hydrogens (tertiary/aromatic N) is 3. The molecule has 1 aromatic heterocycles. The maximum absolute atomic E-state index is 10.7. The van der Waals surface area contributed by atoms with E-state index in [2.05, 4.69) is 5.10 Å². The highest BCUT2D eigenvalue weighted by Crippen LogP contribution is 2.36. The van der Waals surface area contributed by atoms with E-state index in [-0.39, 0.29) is 17.5 Å². The van der Waals surface area contributed by atoms with E-state index < -0.39 is 4.92 Å². The average Bonchev–Trinajstić information content (AvgIpc) is 2.84. The van der Waals surface area contributed by atoms with Crippen LogP contribution in [0.1, 0.15) is 38.6 Å². The fourth-order valence-corrected chi connectivity index (χ4v) is 2.47. The van der Waals surface area contributed by atoms with Gasteiger partial charge in [-0.2, -0.15) is 5.10 Å². The van der Waals surface area contributed by atoms with Crippen LogP contribution in [0.3, 0.4) is 0 Å². The van der Waals surface area contributed by atoms with Crippen LogP contribution >= 0.6 is 0 Å². The predicted octanol–water partition coefficient (Wildman–Crippen LogP) is 2.12. The molecule has 1 aliphatic carbocycles. The van der Waals surface area contributed by atoms with Gasteiger partial charge in [-0.15, -0.1) is 0 Å². The van der Waals surface area contributed by atoms with E-state index in [1.165, 1.54) is 19.0 Å². The molecule has 16 heavy (non-hydrogen) atoms. The van der Waals surface area contributed by atoms with Gasteiger partial charge in [0.15, 0.2) is 0 Å². The lowest BCUT2D eigenvalue weighted by molar-refractivity contribution is -0.384. The van der Waals surface area contributed by atoms with Gasteiger partial charge in [0.25, 0.3) is 0 Å². The minimum atomic E-state index is -0.486. The number of hydrogen-bond donors (Lipinski definition) is 1. The molecule has 0 saturated heterocycles. The van der Waals surface area contributed by atoms with Crippen LogP contribution in [-0.2, 0) is 0 Å². The summed E-state index contributed by atoms with van der Waals surface area (Å²) in [5.41, 5.74) is 5.64. The molecule has 0 spiro atoms. The molecular formula is C10H16N4O2. The molecule has 1 aliphatic rings. The minimum Gasteiger partial charge on any atom is -0.378 e. The zero-order chi connectivity index (χ0) is 11.7. The van der Waals surface area contributed by atoms with Crippen LogP contribution in [0.5, 0.6) is 0 Å². The second-order valence-electron chi connectivity index (χ2n) is 4.40. The van der Waals surface area contributed by atoms with E-state index in [9.17, 15) is 10.1 Å². The first-order valence-electron chi connectivity index (χ1n) is 5.58. The number of nitrogens with two attached hydrogens (primary N) is 1. The van der Waals surface area contributed by atoms with Crippen molar-refractivity contribution in [1.82, 2.24) is 9.78 Å². The Morgan fingerprint density at radius 3 is 2.75 bits per heavy atom. The van der Waals surface area contributed by atoms with E-state index in [4.69, 9.17) is 5.73 Å². The van der Waals surface area contributed by atoms with Crippen LogP contribution in [-0.4, -0.2) is 14.7 Å². The Morgan fingerprint density at radius 2 is 2.25 bits per heavy atom. The molecule has 1 atom stereocenters. The van der Waals surface area contributed by atoms with Crippen LogP contribution in [0.15, 0.2) is 6.20 Å². The van der Waals surface area contributed by atoms with E-state index >= 15 is 0 Å². The van der Waals surface area contributed by atoms with Crippen molar-refractivity contribution in [1.29, 1.82) is 0 Å². The van der Waals surface area contributed by atoms with Crippen molar-refractivity contribution in [2.24, 2.45) is 5.92 Å². The van der Waals surface area contributed by atoms with Crippen molar-refractivity contribution in [2.75, 3.05) is 5.73 Å². The Morgan fingerprint density at radius 1 is 1.62 bits per heavy atom. The fraction of sp³-hybridized carbons (Fsp3) is 0.700. The first-order valence-corrected chi connectivity index (χ1v) is 5.58. The maximum Gasteiger partial charge on any atom is 0.330 e. The molecule has 2 N–H and O–H groups in total. The Hall–Kier alpha value is -1.59. The van der Waals surface area contributed by atoms with E-state index in [1.807, 2.05) is 6.92 Å². The predicted molar refractivity (Wildman–Crippen MR) is 60.0 cm³/mol. The summed E-state index contributed by atoms with van der Waals surface area (Å²) in [4.78, 5) is 10.2. The molecule has 2 rings (SSSR count). The molecule has 6 nitrogen and oxygen atoms in total. The monoisotopic (exact) mass is 224 g/mol. The summed E-state index contributed by atoms with van der Waals surface area (Å²) >= 11 is 0. The van der Waals surface area contributed by atoms with E-state index in [0.29, 0.717) is 5.92 Å². The van der Waals surface area contributed by atoms with Crippen molar-refractivity contribution >= 4 is 11.5 Å². The normalized spacial score (nSPS) is 18.8. The number of rotatable bonds is 3. The highest BCUT2D eigenvalue weighted by molar-refractivity contribution is 5.51. The summed E-state index contributed by atoms with van der Waals surface area (Å²) in [5, 5.41) is 14.7. The number of nitrogen functional groups attached to an aromatic ring is 1. The largest absolute Gasteiger partial charge is 0.378 e. The second kappa shape index (κ2) is 4.11. The molecule has 88 valence electrons. The van der Waals surface area contributed by atoms with Gasteiger partial charge in [-0.05, 0) is 25.7 Å².